The largest absolute Gasteiger partial charge is 0.493 e. The van der Waals surface area contributed by atoms with Gasteiger partial charge in [0.05, 0.1) is 34.0 Å². The molecule has 8 nitrogen and oxygen atoms in total. The molecule has 0 unspecified atom stereocenters. The van der Waals surface area contributed by atoms with Crippen LogP contribution in [0.2, 0.25) is 0 Å². The number of carbonyl (C=O) groups is 2. The Morgan fingerprint density at radius 2 is 1.43 bits per heavy atom. The number of carbonyl (C=O) groups excluding carboxylic acids is 2. The van der Waals surface area contributed by atoms with E-state index in [-0.39, 0.29) is 5.91 Å². The first-order chi connectivity index (χ1) is 13.4. The van der Waals surface area contributed by atoms with Crippen molar-refractivity contribution in [2.24, 2.45) is 0 Å². The first-order valence-electron chi connectivity index (χ1n) is 8.39. The van der Waals surface area contributed by atoms with Gasteiger partial charge < -0.3 is 29.0 Å². The van der Waals surface area contributed by atoms with E-state index in [0.717, 1.165) is 0 Å². The minimum absolute atomic E-state index is 0.314. The summed E-state index contributed by atoms with van der Waals surface area (Å²) in [5, 5.41) is 2.75. The molecule has 0 bridgehead atoms. The van der Waals surface area contributed by atoms with E-state index >= 15 is 0 Å². The Morgan fingerprint density at radius 1 is 0.821 bits per heavy atom. The van der Waals surface area contributed by atoms with Gasteiger partial charge in [0.1, 0.15) is 0 Å². The number of nitrogens with one attached hydrogen (secondary N) is 1. The highest BCUT2D eigenvalue weighted by Gasteiger charge is 2.19. The van der Waals surface area contributed by atoms with Crippen LogP contribution in [0.25, 0.3) is 0 Å². The Labute approximate surface area is 163 Å². The van der Waals surface area contributed by atoms with Crippen molar-refractivity contribution in [1.82, 2.24) is 0 Å². The summed E-state index contributed by atoms with van der Waals surface area (Å²) < 4.78 is 26.0. The third kappa shape index (κ3) is 4.85. The molecule has 28 heavy (non-hydrogen) atoms. The molecular formula is C20H23NO7. The van der Waals surface area contributed by atoms with Crippen molar-refractivity contribution in [3.8, 4) is 23.0 Å². The van der Waals surface area contributed by atoms with E-state index in [1.54, 1.807) is 31.2 Å². The summed E-state index contributed by atoms with van der Waals surface area (Å²) in [7, 11) is 5.78. The van der Waals surface area contributed by atoms with E-state index in [1.807, 2.05) is 0 Å². The normalized spacial score (nSPS) is 11.2. The number of anilines is 1. The Morgan fingerprint density at radius 3 is 2.04 bits per heavy atom. The Balaban J connectivity index is 2.11. The molecule has 0 spiro atoms. The van der Waals surface area contributed by atoms with Gasteiger partial charge in [0.15, 0.2) is 29.1 Å². The van der Waals surface area contributed by atoms with Crippen LogP contribution in [0.1, 0.15) is 17.3 Å². The van der Waals surface area contributed by atoms with E-state index in [4.69, 9.17) is 18.9 Å². The minimum atomic E-state index is -0.828. The third-order valence-electron chi connectivity index (χ3n) is 3.91. The van der Waals surface area contributed by atoms with Gasteiger partial charge in [-0.1, -0.05) is 0 Å². The maximum atomic E-state index is 12.5. The van der Waals surface area contributed by atoms with Gasteiger partial charge in [0, 0.05) is 11.8 Å². The predicted molar refractivity (Wildman–Crippen MR) is 103 cm³/mol. The number of benzene rings is 2. The number of rotatable bonds is 8. The fraction of sp³-hybridized carbons (Fsp3) is 0.300. The van der Waals surface area contributed by atoms with Gasteiger partial charge in [0.2, 0.25) is 0 Å². The van der Waals surface area contributed by atoms with Gasteiger partial charge in [-0.3, -0.25) is 4.79 Å². The molecule has 8 heteroatoms. The SMILES string of the molecule is COC(=O)c1ccc(O[C@@H](C)C(=O)Nc2ccc(OC)c(OC)c2)c(OC)c1. The summed E-state index contributed by atoms with van der Waals surface area (Å²) in [6.07, 6.45) is -0.828. The number of ether oxygens (including phenoxy) is 5. The average molecular weight is 389 g/mol. The molecule has 0 aliphatic rings. The van der Waals surface area contributed by atoms with Crippen molar-refractivity contribution in [1.29, 1.82) is 0 Å². The molecule has 0 aliphatic carbocycles. The first kappa shape index (κ1) is 20.9. The van der Waals surface area contributed by atoms with Crippen LogP contribution in [0.4, 0.5) is 5.69 Å². The number of methoxy groups -OCH3 is 4. The molecule has 0 fully saturated rings. The van der Waals surface area contributed by atoms with Gasteiger partial charge in [-0.05, 0) is 37.3 Å². The maximum Gasteiger partial charge on any atom is 0.337 e. The quantitative estimate of drug-likeness (QED) is 0.694. The number of esters is 1. The molecule has 0 heterocycles. The minimum Gasteiger partial charge on any atom is -0.493 e. The van der Waals surface area contributed by atoms with Gasteiger partial charge in [-0.2, -0.15) is 0 Å². The highest BCUT2D eigenvalue weighted by atomic mass is 16.5. The molecule has 2 rings (SSSR count). The standard InChI is InChI=1S/C20H23NO7/c1-12(19(22)21-14-7-9-15(24-2)18(11-14)26-4)28-16-8-6-13(20(23)27-5)10-17(16)25-3/h6-12H,1-5H3,(H,21,22)/t12-/m0/s1. The van der Waals surface area contributed by atoms with E-state index < -0.39 is 12.1 Å². The van der Waals surface area contributed by atoms with Gasteiger partial charge in [-0.15, -0.1) is 0 Å². The molecule has 2 aromatic carbocycles. The molecule has 0 aliphatic heterocycles. The Kier molecular flexibility index (Phi) is 7.08. The lowest BCUT2D eigenvalue weighted by molar-refractivity contribution is -0.122. The van der Waals surface area contributed by atoms with E-state index in [2.05, 4.69) is 10.1 Å². The molecule has 2 aromatic rings. The van der Waals surface area contributed by atoms with Crippen molar-refractivity contribution < 1.29 is 33.3 Å². The molecule has 0 saturated heterocycles. The van der Waals surface area contributed by atoms with E-state index in [0.29, 0.717) is 34.2 Å². The van der Waals surface area contributed by atoms with Crippen LogP contribution in [-0.4, -0.2) is 46.4 Å². The Bertz CT molecular complexity index is 850. The summed E-state index contributed by atoms with van der Waals surface area (Å²) in [4.78, 5) is 24.1. The fourth-order valence-electron chi connectivity index (χ4n) is 2.41. The number of amides is 1. The molecule has 0 aromatic heterocycles. The molecule has 0 saturated carbocycles. The zero-order valence-electron chi connectivity index (χ0n) is 16.4. The maximum absolute atomic E-state index is 12.5. The lowest BCUT2D eigenvalue weighted by Gasteiger charge is -2.17. The lowest BCUT2D eigenvalue weighted by Crippen LogP contribution is -2.30. The second-order valence-electron chi connectivity index (χ2n) is 5.68. The van der Waals surface area contributed by atoms with Crippen LogP contribution >= 0.6 is 0 Å². The van der Waals surface area contributed by atoms with Crippen LogP contribution in [0, 0.1) is 0 Å². The lowest BCUT2D eigenvalue weighted by atomic mass is 10.2. The van der Waals surface area contributed by atoms with Crippen molar-refractivity contribution in [3.63, 3.8) is 0 Å². The van der Waals surface area contributed by atoms with Gasteiger partial charge >= 0.3 is 5.97 Å². The Hall–Kier alpha value is -3.42. The molecular weight excluding hydrogens is 366 g/mol. The highest BCUT2D eigenvalue weighted by Crippen LogP contribution is 2.31. The molecule has 1 amide bonds. The summed E-state index contributed by atoms with van der Waals surface area (Å²) >= 11 is 0. The second kappa shape index (κ2) is 9.50. The summed E-state index contributed by atoms with van der Waals surface area (Å²) in [6.45, 7) is 1.60. The van der Waals surface area contributed by atoms with Crippen LogP contribution in [0.15, 0.2) is 36.4 Å². The predicted octanol–water partition coefficient (Wildman–Crippen LogP) is 2.91. The second-order valence-corrected chi connectivity index (χ2v) is 5.68. The highest BCUT2D eigenvalue weighted by molar-refractivity contribution is 5.94. The van der Waals surface area contributed by atoms with Crippen molar-refractivity contribution in [2.45, 2.75) is 13.0 Å². The smallest absolute Gasteiger partial charge is 0.337 e. The summed E-state index contributed by atoms with van der Waals surface area (Å²) in [5.41, 5.74) is 0.847. The summed E-state index contributed by atoms with van der Waals surface area (Å²) in [6, 6.07) is 9.59. The van der Waals surface area contributed by atoms with Crippen molar-refractivity contribution in [2.75, 3.05) is 33.8 Å². The van der Waals surface area contributed by atoms with Crippen molar-refractivity contribution in [3.05, 3.63) is 42.0 Å². The third-order valence-corrected chi connectivity index (χ3v) is 3.91. The van der Waals surface area contributed by atoms with Gasteiger partial charge in [0.25, 0.3) is 5.91 Å². The molecule has 150 valence electrons. The van der Waals surface area contributed by atoms with Crippen LogP contribution < -0.4 is 24.3 Å². The first-order valence-corrected chi connectivity index (χ1v) is 8.39. The van der Waals surface area contributed by atoms with Crippen molar-refractivity contribution >= 4 is 17.6 Å². The topological polar surface area (TPSA) is 92.3 Å². The van der Waals surface area contributed by atoms with E-state index in [9.17, 15) is 9.59 Å². The average Bonchev–Trinajstić information content (AvgIpc) is 2.73. The number of hydrogen-bond acceptors (Lipinski definition) is 7. The summed E-state index contributed by atoms with van der Waals surface area (Å²) in [5.74, 6) is 0.823. The monoisotopic (exact) mass is 389 g/mol. The zero-order chi connectivity index (χ0) is 20.7. The van der Waals surface area contributed by atoms with Crippen LogP contribution in [0.3, 0.4) is 0 Å². The van der Waals surface area contributed by atoms with E-state index in [1.165, 1.54) is 40.6 Å². The zero-order valence-corrected chi connectivity index (χ0v) is 16.4. The molecule has 1 N–H and O–H groups in total. The van der Waals surface area contributed by atoms with Crippen LogP contribution in [-0.2, 0) is 9.53 Å². The fourth-order valence-corrected chi connectivity index (χ4v) is 2.41. The van der Waals surface area contributed by atoms with Gasteiger partial charge in [-0.25, -0.2) is 4.79 Å². The number of hydrogen-bond donors (Lipinski definition) is 1. The van der Waals surface area contributed by atoms with Crippen LogP contribution in [0.5, 0.6) is 23.0 Å². The molecule has 1 atom stereocenters. The molecule has 0 radical (unpaired) electrons.